The van der Waals surface area contributed by atoms with E-state index in [1.165, 1.54) is 8.61 Å². The highest BCUT2D eigenvalue weighted by atomic mass is 32.2. The van der Waals surface area contributed by atoms with Crippen LogP contribution in [0.2, 0.25) is 0 Å². The number of ether oxygens (including phenoxy) is 1. The Kier molecular flexibility index (Phi) is 6.32. The molecule has 2 aromatic heterocycles. The number of nitrogens with one attached hydrogen (secondary N) is 1. The predicted octanol–water partition coefficient (Wildman–Crippen LogP) is 1.58. The second-order valence-electron chi connectivity index (χ2n) is 6.00. The van der Waals surface area contributed by atoms with Gasteiger partial charge in [-0.05, 0) is 12.1 Å². The highest BCUT2D eigenvalue weighted by Crippen LogP contribution is 2.24. The van der Waals surface area contributed by atoms with Gasteiger partial charge in [0.1, 0.15) is 11.9 Å². The molecule has 2 aromatic rings. The Bertz CT molecular complexity index is 828. The standard InChI is InChI=1S/C17H24N6O3S/c1-3-22(4-2)27(24,25)23-9-10-26-16(13-23)15-6-5-14(11-20-15)21-17-12-18-7-8-19-17/h5-8,11-12,16H,3-4,9-10,13H2,1-2H3,(H,19,21). The lowest BCUT2D eigenvalue weighted by Gasteiger charge is -2.34. The van der Waals surface area contributed by atoms with Gasteiger partial charge < -0.3 is 10.1 Å². The minimum Gasteiger partial charge on any atom is -0.369 e. The monoisotopic (exact) mass is 392 g/mol. The van der Waals surface area contributed by atoms with Crippen molar-refractivity contribution >= 4 is 21.7 Å². The van der Waals surface area contributed by atoms with Crippen molar-refractivity contribution in [3.8, 4) is 0 Å². The van der Waals surface area contributed by atoms with Crippen molar-refractivity contribution in [3.63, 3.8) is 0 Å². The lowest BCUT2D eigenvalue weighted by Crippen LogP contribution is -2.49. The van der Waals surface area contributed by atoms with Crippen LogP contribution in [0.25, 0.3) is 0 Å². The van der Waals surface area contributed by atoms with Gasteiger partial charge in [-0.3, -0.25) is 9.97 Å². The summed E-state index contributed by atoms with van der Waals surface area (Å²) in [6.07, 6.45) is 6.10. The molecule has 0 amide bonds. The number of hydrogen-bond acceptors (Lipinski definition) is 7. The molecular weight excluding hydrogens is 368 g/mol. The van der Waals surface area contributed by atoms with Gasteiger partial charge >= 0.3 is 0 Å². The lowest BCUT2D eigenvalue weighted by atomic mass is 10.2. The van der Waals surface area contributed by atoms with Gasteiger partial charge in [-0.1, -0.05) is 13.8 Å². The van der Waals surface area contributed by atoms with Crippen LogP contribution >= 0.6 is 0 Å². The van der Waals surface area contributed by atoms with E-state index in [-0.39, 0.29) is 6.54 Å². The first-order valence-corrected chi connectivity index (χ1v) is 10.3. The molecular formula is C17H24N6O3S. The maximum absolute atomic E-state index is 12.7. The highest BCUT2D eigenvalue weighted by molar-refractivity contribution is 7.86. The summed E-state index contributed by atoms with van der Waals surface area (Å²) in [5, 5.41) is 3.11. The molecule has 3 heterocycles. The molecule has 1 aliphatic heterocycles. The first-order valence-electron chi connectivity index (χ1n) is 8.90. The fraction of sp³-hybridized carbons (Fsp3) is 0.471. The van der Waals surface area contributed by atoms with Crippen LogP contribution in [0.5, 0.6) is 0 Å². The Hall–Kier alpha value is -2.14. The van der Waals surface area contributed by atoms with E-state index in [1.807, 2.05) is 26.0 Å². The molecule has 1 aliphatic rings. The number of morpholine rings is 1. The van der Waals surface area contributed by atoms with Crippen molar-refractivity contribution in [3.05, 3.63) is 42.6 Å². The quantitative estimate of drug-likeness (QED) is 0.763. The third-order valence-electron chi connectivity index (χ3n) is 4.34. The molecule has 0 bridgehead atoms. The van der Waals surface area contributed by atoms with Crippen molar-refractivity contribution in [2.24, 2.45) is 0 Å². The third kappa shape index (κ3) is 4.59. The van der Waals surface area contributed by atoms with Crippen LogP contribution in [0.3, 0.4) is 0 Å². The fourth-order valence-electron chi connectivity index (χ4n) is 2.91. The van der Waals surface area contributed by atoms with Crippen molar-refractivity contribution < 1.29 is 13.2 Å². The van der Waals surface area contributed by atoms with E-state index in [0.717, 1.165) is 5.69 Å². The molecule has 0 aromatic carbocycles. The molecule has 146 valence electrons. The zero-order valence-corrected chi connectivity index (χ0v) is 16.3. The van der Waals surface area contributed by atoms with Gasteiger partial charge in [0.2, 0.25) is 0 Å². The van der Waals surface area contributed by atoms with Crippen LogP contribution in [-0.2, 0) is 14.9 Å². The zero-order chi connectivity index (χ0) is 19.3. The molecule has 9 nitrogen and oxygen atoms in total. The molecule has 1 fully saturated rings. The van der Waals surface area contributed by atoms with E-state index >= 15 is 0 Å². The summed E-state index contributed by atoms with van der Waals surface area (Å²) in [7, 11) is -3.48. The van der Waals surface area contributed by atoms with Gasteiger partial charge in [0, 0.05) is 38.6 Å². The maximum atomic E-state index is 12.7. The SMILES string of the molecule is CCN(CC)S(=O)(=O)N1CCOC(c2ccc(Nc3cnccn3)cn2)C1. The van der Waals surface area contributed by atoms with Gasteiger partial charge in [0.15, 0.2) is 0 Å². The summed E-state index contributed by atoms with van der Waals surface area (Å²) >= 11 is 0. The van der Waals surface area contributed by atoms with E-state index in [4.69, 9.17) is 4.74 Å². The van der Waals surface area contributed by atoms with Crippen LogP contribution in [-0.4, -0.2) is 64.8 Å². The molecule has 1 unspecified atom stereocenters. The molecule has 1 N–H and O–H groups in total. The molecule has 3 rings (SSSR count). The topological polar surface area (TPSA) is 101 Å². The normalized spacial score (nSPS) is 18.6. The van der Waals surface area contributed by atoms with E-state index in [0.29, 0.717) is 37.8 Å². The Morgan fingerprint density at radius 3 is 2.67 bits per heavy atom. The maximum Gasteiger partial charge on any atom is 0.282 e. The van der Waals surface area contributed by atoms with Crippen molar-refractivity contribution in [1.29, 1.82) is 0 Å². The minimum atomic E-state index is -3.48. The van der Waals surface area contributed by atoms with Crippen molar-refractivity contribution in [2.75, 3.05) is 38.1 Å². The van der Waals surface area contributed by atoms with Crippen LogP contribution in [0, 0.1) is 0 Å². The van der Waals surface area contributed by atoms with Crippen LogP contribution in [0.1, 0.15) is 25.6 Å². The highest BCUT2D eigenvalue weighted by Gasteiger charge is 2.33. The van der Waals surface area contributed by atoms with Crippen LogP contribution in [0.15, 0.2) is 36.9 Å². The Morgan fingerprint density at radius 1 is 1.22 bits per heavy atom. The van der Waals surface area contributed by atoms with E-state index in [1.54, 1.807) is 24.8 Å². The summed E-state index contributed by atoms with van der Waals surface area (Å²) in [6, 6.07) is 3.69. The van der Waals surface area contributed by atoms with Crippen molar-refractivity contribution in [2.45, 2.75) is 20.0 Å². The summed E-state index contributed by atoms with van der Waals surface area (Å²) in [5.74, 6) is 0.623. The van der Waals surface area contributed by atoms with Crippen LogP contribution < -0.4 is 5.32 Å². The molecule has 0 spiro atoms. The van der Waals surface area contributed by atoms with E-state index in [2.05, 4.69) is 20.3 Å². The molecule has 10 heteroatoms. The largest absolute Gasteiger partial charge is 0.369 e. The smallest absolute Gasteiger partial charge is 0.282 e. The van der Waals surface area contributed by atoms with Gasteiger partial charge in [-0.15, -0.1) is 0 Å². The second-order valence-corrected chi connectivity index (χ2v) is 7.93. The van der Waals surface area contributed by atoms with Gasteiger partial charge in [-0.25, -0.2) is 4.98 Å². The summed E-state index contributed by atoms with van der Waals surface area (Å²) in [4.78, 5) is 12.6. The molecule has 0 saturated carbocycles. The number of aromatic nitrogens is 3. The average molecular weight is 392 g/mol. The van der Waals surface area contributed by atoms with Crippen molar-refractivity contribution in [1.82, 2.24) is 23.6 Å². The fourth-order valence-corrected chi connectivity index (χ4v) is 4.52. The molecule has 1 atom stereocenters. The number of pyridine rings is 1. The number of hydrogen-bond donors (Lipinski definition) is 1. The number of nitrogens with zero attached hydrogens (tertiary/aromatic N) is 5. The van der Waals surface area contributed by atoms with Crippen LogP contribution in [0.4, 0.5) is 11.5 Å². The molecule has 27 heavy (non-hydrogen) atoms. The van der Waals surface area contributed by atoms with Gasteiger partial charge in [0.05, 0.1) is 30.4 Å². The Balaban J connectivity index is 1.69. The van der Waals surface area contributed by atoms with E-state index < -0.39 is 16.3 Å². The zero-order valence-electron chi connectivity index (χ0n) is 15.4. The lowest BCUT2D eigenvalue weighted by molar-refractivity contribution is -0.00657. The second kappa shape index (κ2) is 8.70. The van der Waals surface area contributed by atoms with Gasteiger partial charge in [0.25, 0.3) is 10.2 Å². The summed E-state index contributed by atoms with van der Waals surface area (Å²) < 4.78 is 34.2. The minimum absolute atomic E-state index is 0.253. The summed E-state index contributed by atoms with van der Waals surface area (Å²) in [6.45, 7) is 5.51. The Morgan fingerprint density at radius 2 is 2.04 bits per heavy atom. The number of rotatable bonds is 7. The predicted molar refractivity (Wildman–Crippen MR) is 102 cm³/mol. The summed E-state index contributed by atoms with van der Waals surface area (Å²) in [5.41, 5.74) is 1.46. The molecule has 1 saturated heterocycles. The first kappa shape index (κ1) is 19.6. The average Bonchev–Trinajstić information content (AvgIpc) is 2.70. The molecule has 0 radical (unpaired) electrons. The van der Waals surface area contributed by atoms with Gasteiger partial charge in [-0.2, -0.15) is 17.0 Å². The Labute approximate surface area is 159 Å². The first-order chi connectivity index (χ1) is 13.0. The van der Waals surface area contributed by atoms with E-state index in [9.17, 15) is 8.42 Å². The number of anilines is 2. The third-order valence-corrected chi connectivity index (χ3v) is 6.49. The molecule has 0 aliphatic carbocycles.